The number of nitro benzene ring substituents is 1. The minimum atomic E-state index is -0.675. The molecule has 0 saturated carbocycles. The van der Waals surface area contributed by atoms with Gasteiger partial charge in [0.05, 0.1) is 20.2 Å². The highest BCUT2D eigenvalue weighted by molar-refractivity contribution is 7.16. The second-order valence-corrected chi connectivity index (χ2v) is 6.17. The fraction of sp³-hybridized carbons (Fsp3) is 0.0667. The summed E-state index contributed by atoms with van der Waals surface area (Å²) in [6.07, 6.45) is 0. The number of nitrogens with zero attached hydrogens (tertiary/aromatic N) is 2. The summed E-state index contributed by atoms with van der Waals surface area (Å²) in [5, 5.41) is 11.0. The summed E-state index contributed by atoms with van der Waals surface area (Å²) in [6, 6.07) is 10.2. The standard InChI is InChI=1S/C15H9ClN2O5S/c16-11-2-1-3-12-14(11)17(15(20)24-12)8-13(19)23-10-6-4-9(5-7-10)18(21)22/h1-7H,8H2. The molecule has 24 heavy (non-hydrogen) atoms. The Morgan fingerprint density at radius 2 is 1.96 bits per heavy atom. The van der Waals surface area contributed by atoms with Gasteiger partial charge in [0.15, 0.2) is 0 Å². The van der Waals surface area contributed by atoms with E-state index in [2.05, 4.69) is 0 Å². The first kappa shape index (κ1) is 16.2. The molecule has 0 spiro atoms. The number of ether oxygens (including phenoxy) is 1. The number of benzene rings is 2. The average molecular weight is 365 g/mol. The Hall–Kier alpha value is -2.71. The molecule has 0 unspecified atom stereocenters. The number of aromatic nitrogens is 1. The van der Waals surface area contributed by atoms with Gasteiger partial charge in [-0.15, -0.1) is 0 Å². The third kappa shape index (κ3) is 3.15. The summed E-state index contributed by atoms with van der Waals surface area (Å²) >= 11 is 7.08. The van der Waals surface area contributed by atoms with Gasteiger partial charge < -0.3 is 4.74 Å². The molecule has 7 nitrogen and oxygen atoms in total. The lowest BCUT2D eigenvalue weighted by Crippen LogP contribution is -2.22. The quantitative estimate of drug-likeness (QED) is 0.307. The second kappa shape index (κ2) is 6.42. The molecular formula is C15H9ClN2O5S. The van der Waals surface area contributed by atoms with Crippen LogP contribution in [-0.2, 0) is 11.3 Å². The van der Waals surface area contributed by atoms with Gasteiger partial charge in [-0.25, -0.2) is 4.79 Å². The van der Waals surface area contributed by atoms with Crippen molar-refractivity contribution in [2.24, 2.45) is 0 Å². The molecule has 0 bridgehead atoms. The maximum absolute atomic E-state index is 12.1. The van der Waals surface area contributed by atoms with Crippen molar-refractivity contribution < 1.29 is 14.5 Å². The Balaban J connectivity index is 1.81. The summed E-state index contributed by atoms with van der Waals surface area (Å²) < 4.78 is 7.03. The van der Waals surface area contributed by atoms with Crippen molar-refractivity contribution in [2.45, 2.75) is 6.54 Å². The topological polar surface area (TPSA) is 91.4 Å². The van der Waals surface area contributed by atoms with Gasteiger partial charge in [0, 0.05) is 12.1 Å². The van der Waals surface area contributed by atoms with Crippen LogP contribution >= 0.6 is 22.9 Å². The van der Waals surface area contributed by atoms with Crippen molar-refractivity contribution >= 4 is 44.8 Å². The molecule has 0 amide bonds. The van der Waals surface area contributed by atoms with Crippen LogP contribution in [0.2, 0.25) is 5.02 Å². The molecule has 1 heterocycles. The first-order chi connectivity index (χ1) is 11.5. The van der Waals surface area contributed by atoms with Crippen LogP contribution in [0.3, 0.4) is 0 Å². The second-order valence-electron chi connectivity index (χ2n) is 4.77. The monoisotopic (exact) mass is 364 g/mol. The normalized spacial score (nSPS) is 10.7. The van der Waals surface area contributed by atoms with Gasteiger partial charge in [-0.3, -0.25) is 19.5 Å². The maximum Gasteiger partial charge on any atom is 0.331 e. The predicted molar refractivity (Wildman–Crippen MR) is 89.8 cm³/mol. The number of non-ortho nitro benzene ring substituents is 1. The van der Waals surface area contributed by atoms with Crippen LogP contribution in [0.4, 0.5) is 5.69 Å². The van der Waals surface area contributed by atoms with Gasteiger partial charge in [-0.1, -0.05) is 29.0 Å². The molecule has 1 aromatic heterocycles. The molecule has 0 aliphatic heterocycles. The maximum atomic E-state index is 12.1. The van der Waals surface area contributed by atoms with Crippen LogP contribution in [0, 0.1) is 10.1 Å². The molecule has 9 heteroatoms. The number of fused-ring (bicyclic) bond motifs is 1. The fourth-order valence-electron chi connectivity index (χ4n) is 2.15. The van der Waals surface area contributed by atoms with Crippen molar-refractivity contribution in [1.29, 1.82) is 0 Å². The summed E-state index contributed by atoms with van der Waals surface area (Å²) in [4.78, 5) is 33.8. The van der Waals surface area contributed by atoms with E-state index in [0.717, 1.165) is 11.3 Å². The summed E-state index contributed by atoms with van der Waals surface area (Å²) in [5.41, 5.74) is 0.372. The van der Waals surface area contributed by atoms with E-state index < -0.39 is 10.9 Å². The van der Waals surface area contributed by atoms with Crippen LogP contribution in [0.15, 0.2) is 47.3 Å². The van der Waals surface area contributed by atoms with E-state index in [4.69, 9.17) is 16.3 Å². The van der Waals surface area contributed by atoms with Crippen molar-refractivity contribution in [1.82, 2.24) is 4.57 Å². The zero-order valence-electron chi connectivity index (χ0n) is 12.0. The smallest absolute Gasteiger partial charge is 0.331 e. The Morgan fingerprint density at radius 3 is 2.62 bits per heavy atom. The predicted octanol–water partition coefficient (Wildman–Crippen LogP) is 3.23. The lowest BCUT2D eigenvalue weighted by molar-refractivity contribution is -0.384. The van der Waals surface area contributed by atoms with E-state index in [-0.39, 0.29) is 22.9 Å². The number of hydrogen-bond donors (Lipinski definition) is 0. The van der Waals surface area contributed by atoms with Gasteiger partial charge in [0.25, 0.3) is 5.69 Å². The molecule has 0 atom stereocenters. The van der Waals surface area contributed by atoms with Crippen LogP contribution in [0.1, 0.15) is 0 Å². The number of esters is 1. The molecule has 2 aromatic carbocycles. The van der Waals surface area contributed by atoms with Crippen molar-refractivity contribution in [2.75, 3.05) is 0 Å². The van der Waals surface area contributed by atoms with E-state index in [1.807, 2.05) is 0 Å². The van der Waals surface area contributed by atoms with Gasteiger partial charge in [0.1, 0.15) is 12.3 Å². The Kier molecular flexibility index (Phi) is 4.32. The highest BCUT2D eigenvalue weighted by Gasteiger charge is 2.15. The van der Waals surface area contributed by atoms with Crippen LogP contribution in [0.5, 0.6) is 5.75 Å². The number of carbonyl (C=O) groups excluding carboxylic acids is 1. The first-order valence-corrected chi connectivity index (χ1v) is 7.88. The molecule has 122 valence electrons. The van der Waals surface area contributed by atoms with Crippen molar-refractivity contribution in [3.63, 3.8) is 0 Å². The number of hydrogen-bond acceptors (Lipinski definition) is 6. The van der Waals surface area contributed by atoms with Gasteiger partial charge in [-0.05, 0) is 24.3 Å². The molecule has 0 aliphatic carbocycles. The lowest BCUT2D eigenvalue weighted by Gasteiger charge is -2.06. The highest BCUT2D eigenvalue weighted by Crippen LogP contribution is 2.25. The van der Waals surface area contributed by atoms with E-state index >= 15 is 0 Å². The van der Waals surface area contributed by atoms with Crippen LogP contribution in [-0.4, -0.2) is 15.5 Å². The molecule has 0 N–H and O–H groups in total. The van der Waals surface area contributed by atoms with E-state index in [9.17, 15) is 19.7 Å². The Morgan fingerprint density at radius 1 is 1.25 bits per heavy atom. The largest absolute Gasteiger partial charge is 0.425 e. The van der Waals surface area contributed by atoms with Crippen molar-refractivity contribution in [3.8, 4) is 5.75 Å². The molecule has 3 aromatic rings. The molecule has 0 fully saturated rings. The minimum Gasteiger partial charge on any atom is -0.425 e. The number of para-hydroxylation sites is 1. The number of nitro groups is 1. The molecular weight excluding hydrogens is 356 g/mol. The number of carbonyl (C=O) groups is 1. The van der Waals surface area contributed by atoms with Gasteiger partial charge >= 0.3 is 10.8 Å². The van der Waals surface area contributed by atoms with Gasteiger partial charge in [-0.2, -0.15) is 0 Å². The number of rotatable bonds is 4. The SMILES string of the molecule is O=C(Cn1c(=O)sc2cccc(Cl)c21)Oc1ccc([N+](=O)[O-])cc1. The summed E-state index contributed by atoms with van der Waals surface area (Å²) in [6.45, 7) is -0.306. The summed E-state index contributed by atoms with van der Waals surface area (Å²) in [7, 11) is 0. The Labute approximate surface area is 143 Å². The van der Waals surface area contributed by atoms with E-state index in [1.54, 1.807) is 18.2 Å². The van der Waals surface area contributed by atoms with Gasteiger partial charge in [0.2, 0.25) is 0 Å². The Bertz CT molecular complexity index is 993. The first-order valence-electron chi connectivity index (χ1n) is 6.68. The van der Waals surface area contributed by atoms with E-state index in [1.165, 1.54) is 28.8 Å². The molecule has 0 saturated heterocycles. The van der Waals surface area contributed by atoms with Crippen molar-refractivity contribution in [3.05, 3.63) is 67.3 Å². The molecule has 0 aliphatic rings. The number of thiazole rings is 1. The zero-order valence-corrected chi connectivity index (χ0v) is 13.5. The third-order valence-electron chi connectivity index (χ3n) is 3.20. The van der Waals surface area contributed by atoms with E-state index in [0.29, 0.717) is 15.2 Å². The molecule has 0 radical (unpaired) electrons. The highest BCUT2D eigenvalue weighted by atomic mass is 35.5. The van der Waals surface area contributed by atoms with Crippen LogP contribution in [0.25, 0.3) is 10.2 Å². The fourth-order valence-corrected chi connectivity index (χ4v) is 3.40. The molecule has 3 rings (SSSR count). The van der Waals surface area contributed by atoms with Crippen LogP contribution < -0.4 is 9.61 Å². The lowest BCUT2D eigenvalue weighted by atomic mass is 10.3. The third-order valence-corrected chi connectivity index (χ3v) is 4.45. The average Bonchev–Trinajstić information content (AvgIpc) is 2.85. The summed E-state index contributed by atoms with van der Waals surface area (Å²) in [5.74, 6) is -0.519. The minimum absolute atomic E-state index is 0.110. The number of halogens is 1. The zero-order chi connectivity index (χ0) is 17.3.